The van der Waals surface area contributed by atoms with Crippen LogP contribution in [0.4, 0.5) is 15.8 Å². The first kappa shape index (κ1) is 15.8. The first-order valence-corrected chi connectivity index (χ1v) is 7.61. The Bertz CT molecular complexity index is 471. The number of carbonyl (C=O) groups excluding carboxylic acids is 1. The molecule has 1 aliphatic carbocycles. The molecule has 1 fully saturated rings. The number of carbonyl (C=O) groups is 1. The highest BCUT2D eigenvalue weighted by Gasteiger charge is 2.13. The maximum absolute atomic E-state index is 13.0. The zero-order chi connectivity index (χ0) is 15.1. The van der Waals surface area contributed by atoms with E-state index in [4.69, 9.17) is 10.5 Å². The molecule has 21 heavy (non-hydrogen) atoms. The minimum atomic E-state index is -0.482. The molecule has 0 atom stereocenters. The molecule has 1 aromatic carbocycles. The maximum atomic E-state index is 13.0. The van der Waals surface area contributed by atoms with E-state index in [1.165, 1.54) is 43.9 Å². The van der Waals surface area contributed by atoms with Crippen LogP contribution >= 0.6 is 0 Å². The van der Waals surface area contributed by atoms with E-state index in [9.17, 15) is 9.18 Å². The predicted molar refractivity (Wildman–Crippen MR) is 81.5 cm³/mol. The molecule has 0 radical (unpaired) electrons. The number of anilines is 2. The fourth-order valence-corrected chi connectivity index (χ4v) is 2.57. The van der Waals surface area contributed by atoms with Crippen molar-refractivity contribution in [3.8, 4) is 0 Å². The van der Waals surface area contributed by atoms with Gasteiger partial charge in [-0.25, -0.2) is 4.39 Å². The Morgan fingerprint density at radius 1 is 1.29 bits per heavy atom. The maximum Gasteiger partial charge on any atom is 0.226 e. The van der Waals surface area contributed by atoms with Crippen molar-refractivity contribution in [2.45, 2.75) is 51.0 Å². The van der Waals surface area contributed by atoms with Gasteiger partial charge in [0.1, 0.15) is 5.82 Å². The number of amides is 1. The Balaban J connectivity index is 1.70. The molecular weight excluding hydrogens is 271 g/mol. The van der Waals surface area contributed by atoms with E-state index in [0.717, 1.165) is 12.8 Å². The van der Waals surface area contributed by atoms with Gasteiger partial charge < -0.3 is 15.8 Å². The average molecular weight is 294 g/mol. The van der Waals surface area contributed by atoms with Crippen molar-refractivity contribution < 1.29 is 13.9 Å². The Kier molecular flexibility index (Phi) is 5.99. The van der Waals surface area contributed by atoms with Crippen LogP contribution in [0.5, 0.6) is 0 Å². The molecule has 2 rings (SSSR count). The molecule has 0 saturated heterocycles. The van der Waals surface area contributed by atoms with Crippen molar-refractivity contribution in [2.24, 2.45) is 0 Å². The first-order chi connectivity index (χ1) is 10.1. The number of hydrogen-bond acceptors (Lipinski definition) is 3. The van der Waals surface area contributed by atoms with Gasteiger partial charge in [0.2, 0.25) is 5.91 Å². The summed E-state index contributed by atoms with van der Waals surface area (Å²) < 4.78 is 18.8. The van der Waals surface area contributed by atoms with Crippen molar-refractivity contribution in [3.63, 3.8) is 0 Å². The molecular formula is C16H23FN2O2. The standard InChI is InChI=1S/C16H23FN2O2/c17-14-8-7-12(11-15(14)18)19-16(20)9-10-21-13-5-3-1-2-4-6-13/h7-8,11,13H,1-6,9-10,18H2,(H,19,20). The van der Waals surface area contributed by atoms with E-state index in [-0.39, 0.29) is 11.6 Å². The highest BCUT2D eigenvalue weighted by atomic mass is 19.1. The van der Waals surface area contributed by atoms with Crippen LogP contribution in [0.2, 0.25) is 0 Å². The third-order valence-corrected chi connectivity index (χ3v) is 3.76. The second-order valence-electron chi connectivity index (χ2n) is 5.52. The fraction of sp³-hybridized carbons (Fsp3) is 0.562. The van der Waals surface area contributed by atoms with Gasteiger partial charge in [-0.1, -0.05) is 25.7 Å². The molecule has 4 nitrogen and oxygen atoms in total. The molecule has 5 heteroatoms. The number of benzene rings is 1. The number of ether oxygens (including phenoxy) is 1. The fourth-order valence-electron chi connectivity index (χ4n) is 2.57. The summed E-state index contributed by atoms with van der Waals surface area (Å²) in [7, 11) is 0. The van der Waals surface area contributed by atoms with Crippen LogP contribution in [-0.4, -0.2) is 18.6 Å². The summed E-state index contributed by atoms with van der Waals surface area (Å²) >= 11 is 0. The number of halogens is 1. The predicted octanol–water partition coefficient (Wildman–Crippen LogP) is 3.48. The van der Waals surface area contributed by atoms with E-state index in [1.54, 1.807) is 0 Å². The molecule has 1 amide bonds. The highest BCUT2D eigenvalue weighted by molar-refractivity contribution is 5.91. The number of nitrogens with one attached hydrogen (secondary N) is 1. The van der Waals surface area contributed by atoms with Crippen molar-refractivity contribution in [3.05, 3.63) is 24.0 Å². The van der Waals surface area contributed by atoms with Crippen LogP contribution in [0, 0.1) is 5.82 Å². The second kappa shape index (κ2) is 7.98. The van der Waals surface area contributed by atoms with Gasteiger partial charge >= 0.3 is 0 Å². The summed E-state index contributed by atoms with van der Waals surface area (Å²) in [5.74, 6) is -0.626. The smallest absolute Gasteiger partial charge is 0.226 e. The Hall–Kier alpha value is -1.62. The van der Waals surface area contributed by atoms with Gasteiger partial charge in [0.15, 0.2) is 0 Å². The molecule has 116 valence electrons. The minimum Gasteiger partial charge on any atom is -0.396 e. The quantitative estimate of drug-likeness (QED) is 0.645. The average Bonchev–Trinajstić information content (AvgIpc) is 2.72. The van der Waals surface area contributed by atoms with Gasteiger partial charge in [0.25, 0.3) is 0 Å². The topological polar surface area (TPSA) is 64.3 Å². The Morgan fingerprint density at radius 2 is 2.00 bits per heavy atom. The second-order valence-corrected chi connectivity index (χ2v) is 5.52. The zero-order valence-electron chi connectivity index (χ0n) is 12.2. The van der Waals surface area contributed by atoms with Gasteiger partial charge in [-0.3, -0.25) is 4.79 Å². The SMILES string of the molecule is Nc1cc(NC(=O)CCOC2CCCCCC2)ccc1F. The third kappa shape index (κ3) is 5.34. The summed E-state index contributed by atoms with van der Waals surface area (Å²) in [5, 5.41) is 2.69. The van der Waals surface area contributed by atoms with E-state index >= 15 is 0 Å². The summed E-state index contributed by atoms with van der Waals surface area (Å²) in [6, 6.07) is 4.15. The Labute approximate surface area is 124 Å². The van der Waals surface area contributed by atoms with Crippen molar-refractivity contribution in [2.75, 3.05) is 17.7 Å². The normalized spacial score (nSPS) is 16.4. The largest absolute Gasteiger partial charge is 0.396 e. The molecule has 0 heterocycles. The molecule has 0 aliphatic heterocycles. The van der Waals surface area contributed by atoms with Crippen LogP contribution < -0.4 is 11.1 Å². The van der Waals surface area contributed by atoms with Gasteiger partial charge in [0, 0.05) is 5.69 Å². The van der Waals surface area contributed by atoms with Crippen molar-refractivity contribution in [1.82, 2.24) is 0 Å². The summed E-state index contributed by atoms with van der Waals surface area (Å²) in [6.07, 6.45) is 7.78. The number of nitrogens with two attached hydrogens (primary N) is 1. The third-order valence-electron chi connectivity index (χ3n) is 3.76. The molecule has 1 saturated carbocycles. The van der Waals surface area contributed by atoms with Crippen LogP contribution in [0.25, 0.3) is 0 Å². The van der Waals surface area contributed by atoms with Gasteiger partial charge in [-0.05, 0) is 31.0 Å². The molecule has 0 unspecified atom stereocenters. The molecule has 0 spiro atoms. The lowest BCUT2D eigenvalue weighted by Crippen LogP contribution is -2.18. The molecule has 0 bridgehead atoms. The molecule has 1 aromatic rings. The monoisotopic (exact) mass is 294 g/mol. The van der Waals surface area contributed by atoms with Crippen molar-refractivity contribution in [1.29, 1.82) is 0 Å². The van der Waals surface area contributed by atoms with Gasteiger partial charge in [-0.15, -0.1) is 0 Å². The van der Waals surface area contributed by atoms with E-state index in [1.807, 2.05) is 0 Å². The van der Waals surface area contributed by atoms with Crippen LogP contribution in [0.15, 0.2) is 18.2 Å². The zero-order valence-corrected chi connectivity index (χ0v) is 12.2. The van der Waals surface area contributed by atoms with Crippen LogP contribution in [0.3, 0.4) is 0 Å². The lowest BCUT2D eigenvalue weighted by molar-refractivity contribution is -0.117. The van der Waals surface area contributed by atoms with Crippen LogP contribution in [0.1, 0.15) is 44.9 Å². The van der Waals surface area contributed by atoms with E-state index in [0.29, 0.717) is 24.8 Å². The van der Waals surface area contributed by atoms with Gasteiger partial charge in [0.05, 0.1) is 24.8 Å². The minimum absolute atomic E-state index is 0.0301. The molecule has 0 aromatic heterocycles. The molecule has 1 aliphatic rings. The molecule has 3 N–H and O–H groups in total. The van der Waals surface area contributed by atoms with Gasteiger partial charge in [-0.2, -0.15) is 0 Å². The summed E-state index contributed by atoms with van der Waals surface area (Å²) in [5.41, 5.74) is 6.00. The van der Waals surface area contributed by atoms with E-state index in [2.05, 4.69) is 5.32 Å². The Morgan fingerprint density at radius 3 is 2.67 bits per heavy atom. The van der Waals surface area contributed by atoms with Crippen LogP contribution in [-0.2, 0) is 9.53 Å². The first-order valence-electron chi connectivity index (χ1n) is 7.61. The van der Waals surface area contributed by atoms with E-state index < -0.39 is 5.82 Å². The van der Waals surface area contributed by atoms with Crippen molar-refractivity contribution >= 4 is 17.3 Å². The summed E-state index contributed by atoms with van der Waals surface area (Å²) in [6.45, 7) is 0.424. The lowest BCUT2D eigenvalue weighted by Gasteiger charge is -2.15. The number of nitrogen functional groups attached to an aromatic ring is 1. The highest BCUT2D eigenvalue weighted by Crippen LogP contribution is 2.20. The number of hydrogen-bond donors (Lipinski definition) is 2. The number of rotatable bonds is 5. The lowest BCUT2D eigenvalue weighted by atomic mass is 10.1. The summed E-state index contributed by atoms with van der Waals surface area (Å²) in [4.78, 5) is 11.8.